The first-order valence-electron chi connectivity index (χ1n) is 5.86. The number of Topliss-reactive ketones (excluding diaryl/α,β-unsaturated/α-hetero) is 1. The molecule has 1 heterocycles. The Morgan fingerprint density at radius 3 is 3.11 bits per heavy atom. The van der Waals surface area contributed by atoms with Gasteiger partial charge in [-0.05, 0) is 18.2 Å². The lowest BCUT2D eigenvalue weighted by atomic mass is 10.0. The van der Waals surface area contributed by atoms with Crippen molar-refractivity contribution < 1.29 is 23.5 Å². The van der Waals surface area contributed by atoms with Gasteiger partial charge in [0.2, 0.25) is 5.91 Å². The molecular formula is C13H14FNO4. The van der Waals surface area contributed by atoms with E-state index in [2.05, 4.69) is 10.1 Å². The van der Waals surface area contributed by atoms with Gasteiger partial charge in [0.15, 0.2) is 5.78 Å². The van der Waals surface area contributed by atoms with Crippen molar-refractivity contribution >= 4 is 11.7 Å². The Morgan fingerprint density at radius 1 is 1.58 bits per heavy atom. The Kier molecular flexibility index (Phi) is 4.11. The van der Waals surface area contributed by atoms with E-state index in [4.69, 9.17) is 4.74 Å². The molecule has 1 aliphatic heterocycles. The summed E-state index contributed by atoms with van der Waals surface area (Å²) in [5.41, 5.74) is 0.153. The van der Waals surface area contributed by atoms with Crippen LogP contribution in [0.3, 0.4) is 0 Å². The van der Waals surface area contributed by atoms with Gasteiger partial charge in [-0.15, -0.1) is 0 Å². The molecule has 1 aliphatic rings. The minimum atomic E-state index is -0.717. The quantitative estimate of drug-likeness (QED) is 0.884. The van der Waals surface area contributed by atoms with E-state index in [1.165, 1.54) is 19.2 Å². The van der Waals surface area contributed by atoms with Gasteiger partial charge in [0.1, 0.15) is 18.2 Å². The molecule has 1 N–H and O–H groups in total. The number of halogens is 1. The Morgan fingerprint density at radius 2 is 2.37 bits per heavy atom. The number of hydrogen-bond acceptors (Lipinski definition) is 4. The minimum absolute atomic E-state index is 0.124. The largest absolute Gasteiger partial charge is 0.493 e. The van der Waals surface area contributed by atoms with Crippen molar-refractivity contribution in [1.82, 2.24) is 5.32 Å². The molecule has 0 aromatic heterocycles. The van der Waals surface area contributed by atoms with Gasteiger partial charge in [-0.3, -0.25) is 9.59 Å². The standard InChI is InChI=1S/C13H14FNO4/c1-18-7-12(16)15-10-4-5-19-11-3-2-8(14)6-9(11)13(10)17/h2-3,6,10H,4-5,7H2,1H3,(H,15,16). The Balaban J connectivity index is 2.20. The van der Waals surface area contributed by atoms with Crippen LogP contribution in [-0.4, -0.2) is 38.1 Å². The highest BCUT2D eigenvalue weighted by Gasteiger charge is 2.28. The summed E-state index contributed by atoms with van der Waals surface area (Å²) in [4.78, 5) is 23.7. The van der Waals surface area contributed by atoms with Gasteiger partial charge < -0.3 is 14.8 Å². The van der Waals surface area contributed by atoms with Crippen LogP contribution in [0.1, 0.15) is 16.8 Å². The first kappa shape index (κ1) is 13.5. The van der Waals surface area contributed by atoms with Crippen LogP contribution in [0.25, 0.3) is 0 Å². The maximum atomic E-state index is 13.2. The zero-order valence-corrected chi connectivity index (χ0v) is 10.4. The molecule has 6 heteroatoms. The van der Waals surface area contributed by atoms with Crippen LogP contribution >= 0.6 is 0 Å². The summed E-state index contributed by atoms with van der Waals surface area (Å²) in [5, 5.41) is 2.55. The molecule has 0 aliphatic carbocycles. The lowest BCUT2D eigenvalue weighted by Crippen LogP contribution is -2.42. The lowest BCUT2D eigenvalue weighted by Gasteiger charge is -2.14. The van der Waals surface area contributed by atoms with Gasteiger partial charge in [0.25, 0.3) is 0 Å². The number of methoxy groups -OCH3 is 1. The predicted octanol–water partition coefficient (Wildman–Crippen LogP) is 0.922. The summed E-state index contributed by atoms with van der Waals surface area (Å²) in [6.45, 7) is 0.156. The van der Waals surface area contributed by atoms with E-state index in [0.717, 1.165) is 6.07 Å². The van der Waals surface area contributed by atoms with Crippen LogP contribution < -0.4 is 10.1 Å². The predicted molar refractivity (Wildman–Crippen MR) is 64.6 cm³/mol. The Labute approximate surface area is 109 Å². The number of rotatable bonds is 3. The van der Waals surface area contributed by atoms with E-state index in [9.17, 15) is 14.0 Å². The topological polar surface area (TPSA) is 64.6 Å². The van der Waals surface area contributed by atoms with Gasteiger partial charge in [-0.25, -0.2) is 4.39 Å². The molecule has 19 heavy (non-hydrogen) atoms. The summed E-state index contributed by atoms with van der Waals surface area (Å²) in [6.07, 6.45) is 0.338. The van der Waals surface area contributed by atoms with Gasteiger partial charge in [0, 0.05) is 13.5 Å². The van der Waals surface area contributed by atoms with Crippen molar-refractivity contribution in [1.29, 1.82) is 0 Å². The third kappa shape index (κ3) is 3.08. The first-order chi connectivity index (χ1) is 9.11. The second-order valence-corrected chi connectivity index (χ2v) is 4.19. The van der Waals surface area contributed by atoms with E-state index in [1.807, 2.05) is 0 Å². The molecule has 102 valence electrons. The SMILES string of the molecule is COCC(=O)NC1CCOc2ccc(F)cc2C1=O. The molecule has 1 aromatic carbocycles. The third-order valence-electron chi connectivity index (χ3n) is 2.80. The smallest absolute Gasteiger partial charge is 0.246 e. The molecule has 0 saturated carbocycles. The van der Waals surface area contributed by atoms with Crippen molar-refractivity contribution in [2.24, 2.45) is 0 Å². The summed E-state index contributed by atoms with van der Waals surface area (Å²) >= 11 is 0. The van der Waals surface area contributed by atoms with Gasteiger partial charge >= 0.3 is 0 Å². The van der Waals surface area contributed by atoms with Crippen molar-refractivity contribution in [3.05, 3.63) is 29.6 Å². The second kappa shape index (κ2) is 5.79. The lowest BCUT2D eigenvalue weighted by molar-refractivity contribution is -0.125. The average molecular weight is 267 g/mol. The van der Waals surface area contributed by atoms with Crippen molar-refractivity contribution in [2.45, 2.75) is 12.5 Å². The number of nitrogens with one attached hydrogen (secondary N) is 1. The summed E-state index contributed by atoms with van der Waals surface area (Å²) < 4.78 is 23.3. The summed E-state index contributed by atoms with van der Waals surface area (Å²) in [5.74, 6) is -0.911. The number of carbonyl (C=O) groups excluding carboxylic acids is 2. The number of amides is 1. The van der Waals surface area contributed by atoms with E-state index < -0.39 is 11.9 Å². The van der Waals surface area contributed by atoms with Gasteiger partial charge in [0.05, 0.1) is 18.2 Å². The van der Waals surface area contributed by atoms with E-state index in [1.54, 1.807) is 0 Å². The maximum Gasteiger partial charge on any atom is 0.246 e. The molecule has 1 atom stereocenters. The maximum absolute atomic E-state index is 13.2. The number of ketones is 1. The summed E-state index contributed by atoms with van der Waals surface area (Å²) in [6, 6.07) is 3.06. The van der Waals surface area contributed by atoms with Crippen LogP contribution in [0.4, 0.5) is 4.39 Å². The van der Waals surface area contributed by atoms with Crippen molar-refractivity contribution in [3.63, 3.8) is 0 Å². The minimum Gasteiger partial charge on any atom is -0.493 e. The highest BCUT2D eigenvalue weighted by Crippen LogP contribution is 2.25. The normalized spacial score (nSPS) is 18.2. The number of fused-ring (bicyclic) bond motifs is 1. The van der Waals surface area contributed by atoms with Crippen LogP contribution in [0.2, 0.25) is 0 Å². The average Bonchev–Trinajstić information content (AvgIpc) is 2.51. The van der Waals surface area contributed by atoms with Crippen LogP contribution in [-0.2, 0) is 9.53 Å². The molecule has 5 nitrogen and oxygen atoms in total. The van der Waals surface area contributed by atoms with Crippen LogP contribution in [0, 0.1) is 5.82 Å². The molecule has 2 rings (SSSR count). The van der Waals surface area contributed by atoms with Crippen molar-refractivity contribution in [2.75, 3.05) is 20.3 Å². The Bertz CT molecular complexity index is 503. The molecule has 0 spiro atoms. The zero-order chi connectivity index (χ0) is 13.8. The number of hydrogen-bond donors (Lipinski definition) is 1. The molecule has 0 fully saturated rings. The van der Waals surface area contributed by atoms with Crippen molar-refractivity contribution in [3.8, 4) is 5.75 Å². The zero-order valence-electron chi connectivity index (χ0n) is 10.4. The first-order valence-corrected chi connectivity index (χ1v) is 5.86. The molecule has 1 amide bonds. The fraction of sp³-hybridized carbons (Fsp3) is 0.385. The van der Waals surface area contributed by atoms with E-state index in [0.29, 0.717) is 12.2 Å². The molecule has 1 aromatic rings. The second-order valence-electron chi connectivity index (χ2n) is 4.19. The molecule has 0 radical (unpaired) electrons. The highest BCUT2D eigenvalue weighted by atomic mass is 19.1. The number of ether oxygens (including phenoxy) is 2. The van der Waals surface area contributed by atoms with Crippen LogP contribution in [0.15, 0.2) is 18.2 Å². The van der Waals surface area contributed by atoms with Gasteiger partial charge in [-0.2, -0.15) is 0 Å². The number of benzene rings is 1. The highest BCUT2D eigenvalue weighted by molar-refractivity contribution is 6.04. The summed E-state index contributed by atoms with van der Waals surface area (Å²) in [7, 11) is 1.39. The molecule has 0 bridgehead atoms. The molecular weight excluding hydrogens is 253 g/mol. The van der Waals surface area contributed by atoms with E-state index in [-0.39, 0.29) is 30.5 Å². The fourth-order valence-electron chi connectivity index (χ4n) is 1.93. The molecule has 0 saturated heterocycles. The molecule has 1 unspecified atom stereocenters. The Hall–Kier alpha value is -1.95. The fourth-order valence-corrected chi connectivity index (χ4v) is 1.93. The monoisotopic (exact) mass is 267 g/mol. The number of carbonyl (C=O) groups is 2. The third-order valence-corrected chi connectivity index (χ3v) is 2.80. The van der Waals surface area contributed by atoms with Gasteiger partial charge in [-0.1, -0.05) is 0 Å². The van der Waals surface area contributed by atoms with Crippen LogP contribution in [0.5, 0.6) is 5.75 Å². The van der Waals surface area contributed by atoms with E-state index >= 15 is 0 Å².